The molecule has 0 aliphatic heterocycles. The van der Waals surface area contributed by atoms with Gasteiger partial charge in [-0.1, -0.05) is 56.1 Å². The Morgan fingerprint density at radius 3 is 2.32 bits per heavy atom. The monoisotopic (exact) mass is 382 g/mol. The highest BCUT2D eigenvalue weighted by Crippen LogP contribution is 2.44. The maximum Gasteiger partial charge on any atom is 0.295 e. The molecule has 0 aliphatic rings. The zero-order chi connectivity index (χ0) is 18.9. The molecule has 0 aliphatic carbocycles. The fourth-order valence-corrected chi connectivity index (χ4v) is 2.90. The van der Waals surface area contributed by atoms with Crippen molar-refractivity contribution in [2.45, 2.75) is 26.2 Å². The highest BCUT2D eigenvalue weighted by atomic mass is 35.5. The van der Waals surface area contributed by atoms with E-state index >= 15 is 0 Å². The van der Waals surface area contributed by atoms with Crippen LogP contribution in [0.25, 0.3) is 0 Å². The van der Waals surface area contributed by atoms with Crippen LogP contribution in [0.15, 0.2) is 30.3 Å². The first-order valence-corrected chi connectivity index (χ1v) is 8.06. The van der Waals surface area contributed by atoms with E-state index in [4.69, 9.17) is 23.2 Å². The molecule has 0 saturated heterocycles. The number of carbonyl (C=O) groups excluding carboxylic acids is 1. The Balaban J connectivity index is 2.59. The van der Waals surface area contributed by atoms with Gasteiger partial charge in [0.05, 0.1) is 26.8 Å². The number of nitrogens with one attached hydrogen (secondary N) is 1. The predicted molar refractivity (Wildman–Crippen MR) is 97.9 cm³/mol. The Hall–Kier alpha value is -2.31. The van der Waals surface area contributed by atoms with E-state index in [1.807, 2.05) is 0 Å². The van der Waals surface area contributed by atoms with Gasteiger partial charge in [-0.05, 0) is 23.6 Å². The van der Waals surface area contributed by atoms with Crippen LogP contribution in [-0.2, 0) is 5.41 Å². The quantitative estimate of drug-likeness (QED) is 0.566. The molecular formula is C17H16Cl2N2O4. The maximum absolute atomic E-state index is 12.5. The molecule has 0 radical (unpaired) electrons. The van der Waals surface area contributed by atoms with E-state index in [2.05, 4.69) is 5.32 Å². The second-order valence-corrected chi connectivity index (χ2v) is 7.23. The summed E-state index contributed by atoms with van der Waals surface area (Å²) in [6, 6.07) is 7.66. The number of anilines is 1. The lowest BCUT2D eigenvalue weighted by Gasteiger charge is -2.22. The molecule has 0 bridgehead atoms. The molecule has 2 aromatic rings. The van der Waals surface area contributed by atoms with Crippen LogP contribution in [0.4, 0.5) is 11.4 Å². The van der Waals surface area contributed by atoms with Gasteiger partial charge in [0.15, 0.2) is 0 Å². The lowest BCUT2D eigenvalue weighted by molar-refractivity contribution is -0.385. The number of nitro benzene ring substituents is 1. The van der Waals surface area contributed by atoms with E-state index in [1.54, 1.807) is 45.0 Å². The molecule has 0 saturated carbocycles. The molecule has 25 heavy (non-hydrogen) atoms. The minimum absolute atomic E-state index is 0.00527. The van der Waals surface area contributed by atoms with Crippen LogP contribution in [0.2, 0.25) is 10.0 Å². The predicted octanol–water partition coefficient (Wildman–Crippen LogP) is 5.16. The maximum atomic E-state index is 12.5. The number of amides is 1. The van der Waals surface area contributed by atoms with E-state index in [0.717, 1.165) is 6.07 Å². The number of halogens is 2. The second kappa shape index (κ2) is 6.90. The lowest BCUT2D eigenvalue weighted by atomic mass is 9.83. The van der Waals surface area contributed by atoms with Crippen molar-refractivity contribution in [3.8, 4) is 5.75 Å². The van der Waals surface area contributed by atoms with Crippen molar-refractivity contribution in [1.29, 1.82) is 0 Å². The number of nitrogens with zero attached hydrogens (tertiary/aromatic N) is 1. The van der Waals surface area contributed by atoms with Gasteiger partial charge >= 0.3 is 0 Å². The molecular weight excluding hydrogens is 367 g/mol. The van der Waals surface area contributed by atoms with Crippen molar-refractivity contribution >= 4 is 40.5 Å². The summed E-state index contributed by atoms with van der Waals surface area (Å²) in [5, 5.41) is 24.5. The molecule has 8 heteroatoms. The van der Waals surface area contributed by atoms with Crippen molar-refractivity contribution in [2.75, 3.05) is 5.32 Å². The van der Waals surface area contributed by atoms with Crippen molar-refractivity contribution in [1.82, 2.24) is 0 Å². The van der Waals surface area contributed by atoms with Crippen LogP contribution in [-0.4, -0.2) is 15.9 Å². The largest absolute Gasteiger partial charge is 0.507 e. The third-order valence-corrected chi connectivity index (χ3v) is 4.14. The zero-order valence-electron chi connectivity index (χ0n) is 13.8. The summed E-state index contributed by atoms with van der Waals surface area (Å²) in [6.45, 7) is 5.05. The number of carbonyl (C=O) groups is 1. The summed E-state index contributed by atoms with van der Waals surface area (Å²) in [5.74, 6) is -1.15. The van der Waals surface area contributed by atoms with Crippen LogP contribution in [0, 0.1) is 10.1 Å². The molecule has 2 rings (SSSR count). The molecule has 0 unspecified atom stereocenters. The Morgan fingerprint density at radius 1 is 1.20 bits per heavy atom. The Bertz CT molecular complexity index is 860. The molecule has 132 valence electrons. The summed E-state index contributed by atoms with van der Waals surface area (Å²) in [5.41, 5.74) is -1.05. The van der Waals surface area contributed by atoms with Gasteiger partial charge in [-0.2, -0.15) is 0 Å². The third kappa shape index (κ3) is 3.86. The van der Waals surface area contributed by atoms with Crippen LogP contribution in [0.1, 0.15) is 36.7 Å². The van der Waals surface area contributed by atoms with Crippen LogP contribution >= 0.6 is 23.2 Å². The van der Waals surface area contributed by atoms with Crippen LogP contribution < -0.4 is 5.32 Å². The number of phenolic OH excluding ortho intramolecular Hbond substituents is 1. The van der Waals surface area contributed by atoms with Crippen molar-refractivity contribution in [3.63, 3.8) is 0 Å². The number of phenols is 1. The first kappa shape index (κ1) is 19.0. The fraction of sp³-hybridized carbons (Fsp3) is 0.235. The molecule has 0 fully saturated rings. The van der Waals surface area contributed by atoms with Gasteiger partial charge in [-0.3, -0.25) is 14.9 Å². The average Bonchev–Trinajstić information content (AvgIpc) is 2.49. The SMILES string of the molecule is CC(C)(C)c1c(O)c(C(=O)Nc2ccccc2Cl)cc(Cl)c1[N+](=O)[O-]. The third-order valence-electron chi connectivity index (χ3n) is 3.53. The number of hydrogen-bond acceptors (Lipinski definition) is 4. The smallest absolute Gasteiger partial charge is 0.295 e. The Morgan fingerprint density at radius 2 is 1.80 bits per heavy atom. The standard InChI is InChI=1S/C17H16Cl2N2O4/c1-17(2,3)13-14(21(24)25)11(19)8-9(15(13)22)16(23)20-12-7-5-4-6-10(12)18/h4-8,22H,1-3H3,(H,20,23). The summed E-state index contributed by atoms with van der Waals surface area (Å²) in [4.78, 5) is 23.2. The number of hydrogen-bond donors (Lipinski definition) is 2. The van der Waals surface area contributed by atoms with Gasteiger partial charge in [0.25, 0.3) is 11.6 Å². The zero-order valence-corrected chi connectivity index (χ0v) is 15.3. The van der Waals surface area contributed by atoms with E-state index in [9.17, 15) is 20.0 Å². The molecule has 1 amide bonds. The minimum atomic E-state index is -0.809. The topological polar surface area (TPSA) is 92.5 Å². The van der Waals surface area contributed by atoms with Gasteiger partial charge in [-0.25, -0.2) is 0 Å². The Kier molecular flexibility index (Phi) is 5.25. The first-order chi connectivity index (χ1) is 11.5. The van der Waals surface area contributed by atoms with Crippen LogP contribution in [0.5, 0.6) is 5.75 Å². The van der Waals surface area contributed by atoms with Gasteiger partial charge in [-0.15, -0.1) is 0 Å². The van der Waals surface area contributed by atoms with Crippen molar-refractivity contribution in [2.24, 2.45) is 0 Å². The minimum Gasteiger partial charge on any atom is -0.507 e. The molecule has 0 atom stereocenters. The number of aromatic hydroxyl groups is 1. The van der Waals surface area contributed by atoms with E-state index in [1.165, 1.54) is 0 Å². The number of nitro groups is 1. The molecule has 0 heterocycles. The van der Waals surface area contributed by atoms with E-state index in [-0.39, 0.29) is 16.1 Å². The first-order valence-electron chi connectivity index (χ1n) is 7.30. The molecule has 6 nitrogen and oxygen atoms in total. The summed E-state index contributed by atoms with van der Waals surface area (Å²) in [6.07, 6.45) is 0. The summed E-state index contributed by atoms with van der Waals surface area (Å²) in [7, 11) is 0. The fourth-order valence-electron chi connectivity index (χ4n) is 2.44. The van der Waals surface area contributed by atoms with Crippen LogP contribution in [0.3, 0.4) is 0 Å². The van der Waals surface area contributed by atoms with E-state index < -0.39 is 27.7 Å². The normalized spacial score (nSPS) is 11.2. The average molecular weight is 383 g/mol. The molecule has 2 aromatic carbocycles. The van der Waals surface area contributed by atoms with Gasteiger partial charge in [0.1, 0.15) is 10.8 Å². The summed E-state index contributed by atoms with van der Waals surface area (Å²) >= 11 is 12.0. The molecule has 2 N–H and O–H groups in total. The Labute approximate surface area is 154 Å². The van der Waals surface area contributed by atoms with Gasteiger partial charge in [0, 0.05) is 0 Å². The highest BCUT2D eigenvalue weighted by Gasteiger charge is 2.34. The number of para-hydroxylation sites is 1. The van der Waals surface area contributed by atoms with Crippen molar-refractivity contribution < 1.29 is 14.8 Å². The highest BCUT2D eigenvalue weighted by molar-refractivity contribution is 6.34. The van der Waals surface area contributed by atoms with Crippen molar-refractivity contribution in [3.05, 3.63) is 61.6 Å². The summed E-state index contributed by atoms with van der Waals surface area (Å²) < 4.78 is 0. The number of benzene rings is 2. The molecule has 0 spiro atoms. The lowest BCUT2D eigenvalue weighted by Crippen LogP contribution is -2.19. The second-order valence-electron chi connectivity index (χ2n) is 6.42. The number of rotatable bonds is 3. The molecule has 0 aromatic heterocycles. The van der Waals surface area contributed by atoms with E-state index in [0.29, 0.717) is 10.7 Å². The van der Waals surface area contributed by atoms with Gasteiger partial charge in [0.2, 0.25) is 0 Å². The van der Waals surface area contributed by atoms with Gasteiger partial charge < -0.3 is 10.4 Å².